The first-order valence-electron chi connectivity index (χ1n) is 9.50. The molecule has 150 valence electrons. The number of amides is 1. The van der Waals surface area contributed by atoms with E-state index < -0.39 is 0 Å². The van der Waals surface area contributed by atoms with Crippen LogP contribution in [0.1, 0.15) is 18.4 Å². The highest BCUT2D eigenvalue weighted by atomic mass is 35.5. The van der Waals surface area contributed by atoms with Crippen LogP contribution >= 0.6 is 24.0 Å². The summed E-state index contributed by atoms with van der Waals surface area (Å²) in [5.74, 6) is 1.12. The average molecular weight is 422 g/mol. The first kappa shape index (κ1) is 20.9. The van der Waals surface area contributed by atoms with Crippen LogP contribution in [-0.2, 0) is 16.0 Å². The first-order chi connectivity index (χ1) is 13.2. The van der Waals surface area contributed by atoms with E-state index in [9.17, 15) is 4.79 Å². The SMILES string of the molecule is Cl.O=C1COC[C@H](Cc2ccc(Cl)cc2)N1C1CCN(c2ccccn2)CC1. The van der Waals surface area contributed by atoms with E-state index in [4.69, 9.17) is 16.3 Å². The fourth-order valence-electron chi connectivity index (χ4n) is 4.11. The van der Waals surface area contributed by atoms with Gasteiger partial charge in [-0.3, -0.25) is 4.79 Å². The number of rotatable bonds is 4. The van der Waals surface area contributed by atoms with E-state index in [0.717, 1.165) is 43.2 Å². The Morgan fingerprint density at radius 2 is 1.86 bits per heavy atom. The van der Waals surface area contributed by atoms with Gasteiger partial charge in [0.15, 0.2) is 0 Å². The second-order valence-electron chi connectivity index (χ2n) is 7.21. The summed E-state index contributed by atoms with van der Waals surface area (Å²) in [6.45, 7) is 2.62. The number of nitrogens with zero attached hydrogens (tertiary/aromatic N) is 3. The molecule has 2 aromatic rings. The third kappa shape index (κ3) is 4.77. The number of benzene rings is 1. The van der Waals surface area contributed by atoms with E-state index in [1.807, 2.05) is 48.7 Å². The molecule has 4 rings (SSSR count). The number of carbonyl (C=O) groups excluding carboxylic acids is 1. The molecule has 3 heterocycles. The lowest BCUT2D eigenvalue weighted by Crippen LogP contribution is -2.57. The topological polar surface area (TPSA) is 45.7 Å². The van der Waals surface area contributed by atoms with Gasteiger partial charge in [-0.05, 0) is 49.1 Å². The van der Waals surface area contributed by atoms with E-state index in [-0.39, 0.29) is 37.0 Å². The van der Waals surface area contributed by atoms with Crippen LogP contribution in [0.25, 0.3) is 0 Å². The molecule has 7 heteroatoms. The molecule has 2 aliphatic heterocycles. The van der Waals surface area contributed by atoms with Crippen molar-refractivity contribution >= 4 is 35.7 Å². The zero-order valence-electron chi connectivity index (χ0n) is 15.7. The molecule has 0 unspecified atom stereocenters. The quantitative estimate of drug-likeness (QED) is 0.756. The molecule has 2 fully saturated rings. The molecule has 0 aliphatic carbocycles. The number of hydrogen-bond donors (Lipinski definition) is 0. The number of carbonyl (C=O) groups is 1. The predicted octanol–water partition coefficient (Wildman–Crippen LogP) is 3.60. The van der Waals surface area contributed by atoms with Gasteiger partial charge in [-0.1, -0.05) is 29.8 Å². The van der Waals surface area contributed by atoms with Crippen molar-refractivity contribution in [1.29, 1.82) is 0 Å². The zero-order chi connectivity index (χ0) is 18.6. The molecular weight excluding hydrogens is 397 g/mol. The lowest BCUT2D eigenvalue weighted by atomic mass is 9.97. The highest BCUT2D eigenvalue weighted by molar-refractivity contribution is 6.30. The molecule has 28 heavy (non-hydrogen) atoms. The second-order valence-corrected chi connectivity index (χ2v) is 7.64. The Balaban J connectivity index is 0.00000225. The highest BCUT2D eigenvalue weighted by Gasteiger charge is 2.36. The molecule has 2 saturated heterocycles. The van der Waals surface area contributed by atoms with Gasteiger partial charge >= 0.3 is 0 Å². The van der Waals surface area contributed by atoms with Gasteiger partial charge < -0.3 is 14.5 Å². The van der Waals surface area contributed by atoms with Crippen LogP contribution in [0.5, 0.6) is 0 Å². The third-order valence-electron chi connectivity index (χ3n) is 5.43. The molecule has 0 spiro atoms. The minimum atomic E-state index is 0. The standard InChI is InChI=1S/C21H24ClN3O2.ClH/c22-17-6-4-16(5-7-17)13-19-14-27-15-21(26)25(19)18-8-11-24(12-9-18)20-3-1-2-10-23-20;/h1-7,10,18-19H,8-9,11-15H2;1H/t19-;/m0./s1. The van der Waals surface area contributed by atoms with Crippen LogP contribution in [0, 0.1) is 0 Å². The maximum Gasteiger partial charge on any atom is 0.249 e. The molecule has 1 amide bonds. The molecule has 1 aromatic heterocycles. The second kappa shape index (κ2) is 9.59. The Kier molecular flexibility index (Phi) is 7.16. The summed E-state index contributed by atoms with van der Waals surface area (Å²) in [7, 11) is 0. The van der Waals surface area contributed by atoms with Crippen molar-refractivity contribution in [1.82, 2.24) is 9.88 Å². The van der Waals surface area contributed by atoms with Gasteiger partial charge in [-0.15, -0.1) is 12.4 Å². The molecule has 0 N–H and O–H groups in total. The maximum atomic E-state index is 12.7. The number of hydrogen-bond acceptors (Lipinski definition) is 4. The Bertz CT molecular complexity index is 765. The molecule has 5 nitrogen and oxygen atoms in total. The molecule has 1 aromatic carbocycles. The smallest absolute Gasteiger partial charge is 0.249 e. The van der Waals surface area contributed by atoms with Gasteiger partial charge in [-0.2, -0.15) is 0 Å². The first-order valence-corrected chi connectivity index (χ1v) is 9.88. The Hall–Kier alpha value is -1.82. The molecule has 1 atom stereocenters. The normalized spacial score (nSPS) is 20.8. The van der Waals surface area contributed by atoms with Gasteiger partial charge in [0.25, 0.3) is 0 Å². The van der Waals surface area contributed by atoms with Gasteiger partial charge in [-0.25, -0.2) is 4.98 Å². The fourth-order valence-corrected chi connectivity index (χ4v) is 4.23. The van der Waals surface area contributed by atoms with Gasteiger partial charge in [0.1, 0.15) is 12.4 Å². The van der Waals surface area contributed by atoms with Crippen molar-refractivity contribution in [2.45, 2.75) is 31.3 Å². The van der Waals surface area contributed by atoms with E-state index >= 15 is 0 Å². The lowest BCUT2D eigenvalue weighted by Gasteiger charge is -2.44. The van der Waals surface area contributed by atoms with Crippen molar-refractivity contribution in [2.24, 2.45) is 0 Å². The Morgan fingerprint density at radius 1 is 1.11 bits per heavy atom. The van der Waals surface area contributed by atoms with Crippen molar-refractivity contribution in [2.75, 3.05) is 31.2 Å². The molecule has 0 bridgehead atoms. The summed E-state index contributed by atoms with van der Waals surface area (Å²) in [5.41, 5.74) is 1.18. The predicted molar refractivity (Wildman–Crippen MR) is 113 cm³/mol. The average Bonchev–Trinajstić information content (AvgIpc) is 2.71. The van der Waals surface area contributed by atoms with E-state index in [1.165, 1.54) is 5.56 Å². The van der Waals surface area contributed by atoms with Gasteiger partial charge in [0, 0.05) is 30.4 Å². The van der Waals surface area contributed by atoms with Crippen LogP contribution in [0.2, 0.25) is 5.02 Å². The van der Waals surface area contributed by atoms with Crippen LogP contribution in [0.4, 0.5) is 5.82 Å². The summed E-state index contributed by atoms with van der Waals surface area (Å²) in [6, 6.07) is 14.2. The third-order valence-corrected chi connectivity index (χ3v) is 5.68. The summed E-state index contributed by atoms with van der Waals surface area (Å²) in [4.78, 5) is 21.5. The van der Waals surface area contributed by atoms with Crippen molar-refractivity contribution in [3.8, 4) is 0 Å². The van der Waals surface area contributed by atoms with Crippen molar-refractivity contribution in [3.05, 3.63) is 59.2 Å². The zero-order valence-corrected chi connectivity index (χ0v) is 17.2. The summed E-state index contributed by atoms with van der Waals surface area (Å²) < 4.78 is 5.56. The van der Waals surface area contributed by atoms with Gasteiger partial charge in [0.05, 0.1) is 12.6 Å². The summed E-state index contributed by atoms with van der Waals surface area (Å²) in [5, 5.41) is 0.730. The van der Waals surface area contributed by atoms with Crippen LogP contribution in [0.3, 0.4) is 0 Å². The molecular formula is C21H25Cl2N3O2. The van der Waals surface area contributed by atoms with Gasteiger partial charge in [0.2, 0.25) is 5.91 Å². The van der Waals surface area contributed by atoms with Crippen LogP contribution in [-0.4, -0.2) is 54.2 Å². The van der Waals surface area contributed by atoms with E-state index in [1.54, 1.807) is 0 Å². The molecule has 0 radical (unpaired) electrons. The number of halogens is 2. The number of morpholine rings is 1. The minimum absolute atomic E-state index is 0. The van der Waals surface area contributed by atoms with E-state index in [0.29, 0.717) is 6.61 Å². The molecule has 0 saturated carbocycles. The Morgan fingerprint density at radius 3 is 2.54 bits per heavy atom. The monoisotopic (exact) mass is 421 g/mol. The van der Waals surface area contributed by atoms with Crippen LogP contribution < -0.4 is 4.90 Å². The fraction of sp³-hybridized carbons (Fsp3) is 0.429. The number of ether oxygens (including phenoxy) is 1. The highest BCUT2D eigenvalue weighted by Crippen LogP contribution is 2.26. The summed E-state index contributed by atoms with van der Waals surface area (Å²) >= 11 is 5.99. The van der Waals surface area contributed by atoms with E-state index in [2.05, 4.69) is 14.8 Å². The van der Waals surface area contributed by atoms with Crippen LogP contribution in [0.15, 0.2) is 48.7 Å². The van der Waals surface area contributed by atoms with Crippen molar-refractivity contribution in [3.63, 3.8) is 0 Å². The Labute approximate surface area is 177 Å². The maximum absolute atomic E-state index is 12.7. The number of aromatic nitrogens is 1. The lowest BCUT2D eigenvalue weighted by molar-refractivity contribution is -0.152. The minimum Gasteiger partial charge on any atom is -0.369 e. The molecule has 2 aliphatic rings. The van der Waals surface area contributed by atoms with Crippen molar-refractivity contribution < 1.29 is 9.53 Å². The number of anilines is 1. The summed E-state index contributed by atoms with van der Waals surface area (Å²) in [6.07, 6.45) is 4.54. The number of piperidine rings is 1. The largest absolute Gasteiger partial charge is 0.369 e. The number of pyridine rings is 1.